The Balaban J connectivity index is 2.25. The van der Waals surface area contributed by atoms with E-state index in [-0.39, 0.29) is 23.9 Å². The lowest BCUT2D eigenvalue weighted by Crippen LogP contribution is -2.72. The average molecular weight is 252 g/mol. The Morgan fingerprint density at radius 3 is 2.22 bits per heavy atom. The number of carbonyl (C=O) groups excluding carboxylic acids is 2. The van der Waals surface area contributed by atoms with E-state index < -0.39 is 5.54 Å². The average Bonchev–Trinajstić information content (AvgIpc) is 2.32. The van der Waals surface area contributed by atoms with Crippen LogP contribution in [-0.4, -0.2) is 34.3 Å². The van der Waals surface area contributed by atoms with Crippen LogP contribution in [0.25, 0.3) is 0 Å². The molecule has 0 aromatic carbocycles. The fraction of sp³-hybridized carbons (Fsp3) is 0.857. The molecule has 1 N–H and O–H groups in total. The summed E-state index contributed by atoms with van der Waals surface area (Å²) in [5.41, 5.74) is -0.664. The Morgan fingerprint density at radius 1 is 1.22 bits per heavy atom. The Kier molecular flexibility index (Phi) is 3.39. The molecule has 0 radical (unpaired) electrons. The van der Waals surface area contributed by atoms with Crippen LogP contribution in [0.2, 0.25) is 0 Å². The second kappa shape index (κ2) is 4.56. The Hall–Kier alpha value is -1.06. The van der Waals surface area contributed by atoms with Crippen LogP contribution in [0.3, 0.4) is 0 Å². The van der Waals surface area contributed by atoms with E-state index in [9.17, 15) is 9.59 Å². The summed E-state index contributed by atoms with van der Waals surface area (Å²) in [6.07, 6.45) is 3.40. The van der Waals surface area contributed by atoms with Gasteiger partial charge in [0.1, 0.15) is 11.6 Å². The summed E-state index contributed by atoms with van der Waals surface area (Å²) in [7, 11) is 0. The molecule has 2 rings (SSSR count). The van der Waals surface area contributed by atoms with Crippen LogP contribution in [-0.2, 0) is 9.59 Å². The van der Waals surface area contributed by atoms with E-state index in [4.69, 9.17) is 0 Å². The summed E-state index contributed by atoms with van der Waals surface area (Å²) < 4.78 is 0. The zero-order valence-corrected chi connectivity index (χ0v) is 11.8. The third-order valence-corrected chi connectivity index (χ3v) is 4.75. The standard InChI is InChI=1S/C14H24N2O2/c1-5-14(6-2)13(18)16(10(4)12(17)15-14)11-7-9(3)8-11/h9-11H,5-8H2,1-4H3,(H,15,17). The molecule has 1 unspecified atom stereocenters. The van der Waals surface area contributed by atoms with Crippen LogP contribution in [0.4, 0.5) is 0 Å². The predicted octanol–water partition coefficient (Wildman–Crippen LogP) is 1.69. The monoisotopic (exact) mass is 252 g/mol. The van der Waals surface area contributed by atoms with Crippen LogP contribution < -0.4 is 5.32 Å². The second-order valence-corrected chi connectivity index (χ2v) is 5.90. The van der Waals surface area contributed by atoms with Crippen LogP contribution in [0, 0.1) is 5.92 Å². The molecule has 0 aromatic rings. The van der Waals surface area contributed by atoms with Gasteiger partial charge in [-0.15, -0.1) is 0 Å². The number of piperazine rings is 1. The first-order valence-corrected chi connectivity index (χ1v) is 7.10. The lowest BCUT2D eigenvalue weighted by molar-refractivity contribution is -0.160. The summed E-state index contributed by atoms with van der Waals surface area (Å²) in [6.45, 7) is 7.98. The van der Waals surface area contributed by atoms with Crippen LogP contribution in [0.15, 0.2) is 0 Å². The maximum atomic E-state index is 12.7. The molecule has 0 aromatic heterocycles. The van der Waals surface area contributed by atoms with Gasteiger partial charge in [0.05, 0.1) is 0 Å². The smallest absolute Gasteiger partial charge is 0.249 e. The number of carbonyl (C=O) groups is 2. The fourth-order valence-corrected chi connectivity index (χ4v) is 3.24. The highest BCUT2D eigenvalue weighted by atomic mass is 16.2. The number of amides is 2. The molecule has 1 heterocycles. The first kappa shape index (κ1) is 13.4. The topological polar surface area (TPSA) is 49.4 Å². The fourth-order valence-electron chi connectivity index (χ4n) is 3.24. The van der Waals surface area contributed by atoms with Gasteiger partial charge in [0.2, 0.25) is 11.8 Å². The van der Waals surface area contributed by atoms with E-state index in [0.717, 1.165) is 12.8 Å². The maximum absolute atomic E-state index is 12.7. The molecule has 1 aliphatic carbocycles. The van der Waals surface area contributed by atoms with Crippen molar-refractivity contribution in [2.24, 2.45) is 5.92 Å². The Bertz CT molecular complexity index is 357. The van der Waals surface area contributed by atoms with Crippen LogP contribution in [0.5, 0.6) is 0 Å². The normalized spacial score (nSPS) is 35.1. The first-order valence-electron chi connectivity index (χ1n) is 7.10. The molecule has 0 bridgehead atoms. The largest absolute Gasteiger partial charge is 0.340 e. The molecule has 1 saturated heterocycles. The minimum absolute atomic E-state index is 0.00199. The lowest BCUT2D eigenvalue weighted by Gasteiger charge is -2.51. The SMILES string of the molecule is CCC1(CC)NC(=O)C(C)N(C2CC(C)C2)C1=O. The predicted molar refractivity (Wildman–Crippen MR) is 69.9 cm³/mol. The van der Waals surface area contributed by atoms with Crippen molar-refractivity contribution >= 4 is 11.8 Å². The summed E-state index contributed by atoms with van der Waals surface area (Å²) >= 11 is 0. The number of rotatable bonds is 3. The van der Waals surface area contributed by atoms with Gasteiger partial charge in [-0.2, -0.15) is 0 Å². The van der Waals surface area contributed by atoms with E-state index in [2.05, 4.69) is 12.2 Å². The van der Waals surface area contributed by atoms with Crippen molar-refractivity contribution < 1.29 is 9.59 Å². The molecule has 4 nitrogen and oxygen atoms in total. The van der Waals surface area contributed by atoms with Gasteiger partial charge in [0.15, 0.2) is 0 Å². The number of hydrogen-bond acceptors (Lipinski definition) is 2. The molecular weight excluding hydrogens is 228 g/mol. The number of hydrogen-bond donors (Lipinski definition) is 1. The summed E-state index contributed by atoms with van der Waals surface area (Å²) in [5, 5.41) is 2.94. The molecule has 2 amide bonds. The molecule has 102 valence electrons. The van der Waals surface area contributed by atoms with Crippen molar-refractivity contribution in [2.75, 3.05) is 0 Å². The Labute approximate surface area is 109 Å². The molecule has 4 heteroatoms. The molecular formula is C14H24N2O2. The van der Waals surface area contributed by atoms with Crippen molar-refractivity contribution in [1.29, 1.82) is 0 Å². The zero-order valence-electron chi connectivity index (χ0n) is 11.8. The van der Waals surface area contributed by atoms with Gasteiger partial charge in [-0.05, 0) is 38.5 Å². The van der Waals surface area contributed by atoms with Crippen molar-refractivity contribution in [1.82, 2.24) is 10.2 Å². The highest BCUT2D eigenvalue weighted by molar-refractivity contribution is 5.99. The highest BCUT2D eigenvalue weighted by Gasteiger charge is 2.51. The molecule has 2 fully saturated rings. The summed E-state index contributed by atoms with van der Waals surface area (Å²) in [5.74, 6) is 0.798. The minimum Gasteiger partial charge on any atom is -0.340 e. The van der Waals surface area contributed by atoms with E-state index in [1.165, 1.54) is 0 Å². The molecule has 18 heavy (non-hydrogen) atoms. The lowest BCUT2D eigenvalue weighted by atomic mass is 9.77. The van der Waals surface area contributed by atoms with Gasteiger partial charge in [-0.1, -0.05) is 20.8 Å². The van der Waals surface area contributed by atoms with Gasteiger partial charge in [0.25, 0.3) is 0 Å². The van der Waals surface area contributed by atoms with Crippen molar-refractivity contribution in [2.45, 2.75) is 71.0 Å². The van der Waals surface area contributed by atoms with Gasteiger partial charge in [-0.25, -0.2) is 0 Å². The van der Waals surface area contributed by atoms with Crippen molar-refractivity contribution in [3.8, 4) is 0 Å². The van der Waals surface area contributed by atoms with Gasteiger partial charge in [-0.3, -0.25) is 9.59 Å². The summed E-state index contributed by atoms with van der Waals surface area (Å²) in [4.78, 5) is 26.7. The third-order valence-electron chi connectivity index (χ3n) is 4.75. The molecule has 1 aliphatic heterocycles. The minimum atomic E-state index is -0.664. The van der Waals surface area contributed by atoms with Gasteiger partial charge in [0, 0.05) is 6.04 Å². The maximum Gasteiger partial charge on any atom is 0.249 e. The zero-order chi connectivity index (χ0) is 13.5. The first-order chi connectivity index (χ1) is 8.45. The van der Waals surface area contributed by atoms with E-state index in [1.54, 1.807) is 0 Å². The number of nitrogens with zero attached hydrogens (tertiary/aromatic N) is 1. The molecule has 0 spiro atoms. The number of nitrogens with one attached hydrogen (secondary N) is 1. The van der Waals surface area contributed by atoms with Gasteiger partial charge >= 0.3 is 0 Å². The molecule has 2 aliphatic rings. The van der Waals surface area contributed by atoms with Crippen molar-refractivity contribution in [3.63, 3.8) is 0 Å². The Morgan fingerprint density at radius 2 is 1.78 bits per heavy atom. The second-order valence-electron chi connectivity index (χ2n) is 5.90. The van der Waals surface area contributed by atoms with Crippen LogP contribution >= 0.6 is 0 Å². The van der Waals surface area contributed by atoms with E-state index in [1.807, 2.05) is 25.7 Å². The van der Waals surface area contributed by atoms with Crippen LogP contribution in [0.1, 0.15) is 53.4 Å². The quantitative estimate of drug-likeness (QED) is 0.831. The molecule has 1 atom stereocenters. The summed E-state index contributed by atoms with van der Waals surface area (Å²) in [6, 6.07) is -0.0488. The van der Waals surface area contributed by atoms with Gasteiger partial charge < -0.3 is 10.2 Å². The highest BCUT2D eigenvalue weighted by Crippen LogP contribution is 2.36. The van der Waals surface area contributed by atoms with E-state index in [0.29, 0.717) is 18.8 Å². The van der Waals surface area contributed by atoms with E-state index >= 15 is 0 Å². The molecule has 1 saturated carbocycles. The van der Waals surface area contributed by atoms with Crippen molar-refractivity contribution in [3.05, 3.63) is 0 Å². The third kappa shape index (κ3) is 1.82.